The highest BCUT2D eigenvalue weighted by atomic mass is 16.7. The zero-order valence-corrected chi connectivity index (χ0v) is 54.4. The molecule has 0 radical (unpaired) electrons. The molecule has 0 saturated heterocycles. The van der Waals surface area contributed by atoms with Crippen LogP contribution in [0.25, 0.3) is 111 Å². The van der Waals surface area contributed by atoms with Crippen LogP contribution in [0, 0.1) is 0 Å². The van der Waals surface area contributed by atoms with Crippen molar-refractivity contribution < 1.29 is 9.47 Å². The van der Waals surface area contributed by atoms with Crippen molar-refractivity contribution in [3.63, 3.8) is 0 Å². The first kappa shape index (κ1) is 55.1. The maximum absolute atomic E-state index is 6.67. The van der Waals surface area contributed by atoms with Crippen LogP contribution in [0.2, 0.25) is 0 Å². The molecule has 0 N–H and O–H groups in total. The minimum Gasteiger partial charge on any atom is -0.454 e. The van der Waals surface area contributed by atoms with Crippen molar-refractivity contribution in [2.24, 2.45) is 0 Å². The van der Waals surface area contributed by atoms with E-state index in [1.54, 1.807) is 0 Å². The van der Waals surface area contributed by atoms with Crippen LogP contribution < -0.4 is 9.47 Å². The summed E-state index contributed by atoms with van der Waals surface area (Å²) in [4.78, 5) is 0. The van der Waals surface area contributed by atoms with E-state index < -0.39 is 5.41 Å². The number of ether oxygens (including phenoxy) is 2. The summed E-state index contributed by atoms with van der Waals surface area (Å²) in [5.74, 6) is 1.51. The lowest BCUT2D eigenvalue weighted by molar-refractivity contribution is 0.174. The van der Waals surface area contributed by atoms with Gasteiger partial charge in [-0.2, -0.15) is 0 Å². The van der Waals surface area contributed by atoms with Crippen LogP contribution in [0.3, 0.4) is 0 Å². The first-order chi connectivity index (χ1) is 45.6. The van der Waals surface area contributed by atoms with Gasteiger partial charge >= 0.3 is 0 Å². The molecule has 1 aliphatic heterocycles. The van der Waals surface area contributed by atoms with Crippen molar-refractivity contribution in [2.45, 2.75) is 82.5 Å². The summed E-state index contributed by atoms with van der Waals surface area (Å²) in [7, 11) is 0. The van der Waals surface area contributed by atoms with E-state index in [2.05, 4.69) is 322 Å². The number of hydrogen-bond acceptors (Lipinski definition) is 2. The highest BCUT2D eigenvalue weighted by molar-refractivity contribution is 6.03. The highest BCUT2D eigenvalue weighted by Crippen LogP contribution is 2.64. The number of benzene rings is 13. The molecule has 94 heavy (non-hydrogen) atoms. The molecule has 2 heteroatoms. The van der Waals surface area contributed by atoms with Crippen molar-refractivity contribution in [1.29, 1.82) is 0 Å². The Morgan fingerprint density at radius 1 is 0.213 bits per heavy atom. The van der Waals surface area contributed by atoms with Crippen LogP contribution in [0.15, 0.2) is 267 Å². The first-order valence-corrected chi connectivity index (χ1v) is 33.5. The molecule has 13 aromatic carbocycles. The van der Waals surface area contributed by atoms with Crippen LogP contribution in [-0.2, 0) is 27.1 Å². The predicted molar refractivity (Wildman–Crippen MR) is 387 cm³/mol. The van der Waals surface area contributed by atoms with Gasteiger partial charge in [-0.1, -0.05) is 274 Å². The molecule has 0 fully saturated rings. The Labute approximate surface area is 551 Å². The molecular weight excluding hydrogens is 1140 g/mol. The van der Waals surface area contributed by atoms with Gasteiger partial charge < -0.3 is 9.47 Å². The van der Waals surface area contributed by atoms with E-state index in [9.17, 15) is 0 Å². The van der Waals surface area contributed by atoms with Crippen molar-refractivity contribution in [2.75, 3.05) is 6.79 Å². The SMILES string of the molecule is CC1(C)c2ccccc2-c2c(-c3cc(-c4cccc5c4-c4ccccc4C5(C)C)cc(C4(c5cc(-c6cccc7c6-c6ccccc6C7(C)C)cc(-c6cccc7c6-c6ccccc6C7(C)C)c5)c5cc6c(cc5-c5c(-c7ccccc7)cccc54)OCO6)c3)cccc21. The molecule has 0 aromatic heterocycles. The fourth-order valence-electron chi connectivity index (χ4n) is 18.7. The maximum atomic E-state index is 6.67. The molecule has 2 nitrogen and oxygen atoms in total. The van der Waals surface area contributed by atoms with Crippen LogP contribution in [0.1, 0.15) is 122 Å². The number of rotatable bonds is 7. The van der Waals surface area contributed by atoms with E-state index in [1.165, 1.54) is 161 Å². The van der Waals surface area contributed by atoms with Crippen molar-refractivity contribution in [3.05, 3.63) is 334 Å². The molecule has 6 aliphatic rings. The van der Waals surface area contributed by atoms with Gasteiger partial charge in [0.1, 0.15) is 0 Å². The summed E-state index contributed by atoms with van der Waals surface area (Å²) in [6.45, 7) is 19.4. The fourth-order valence-corrected chi connectivity index (χ4v) is 18.7. The summed E-state index contributed by atoms with van der Waals surface area (Å²) in [6.07, 6.45) is 0. The van der Waals surface area contributed by atoms with Gasteiger partial charge in [0.25, 0.3) is 0 Å². The second-order valence-corrected chi connectivity index (χ2v) is 29.3. The molecular formula is C92H70O2. The molecule has 13 aromatic rings. The monoisotopic (exact) mass is 1210 g/mol. The van der Waals surface area contributed by atoms with Crippen molar-refractivity contribution in [3.8, 4) is 123 Å². The van der Waals surface area contributed by atoms with Gasteiger partial charge in [0.2, 0.25) is 6.79 Å². The largest absolute Gasteiger partial charge is 0.454 e. The third kappa shape index (κ3) is 7.26. The molecule has 19 rings (SSSR count). The summed E-state index contributed by atoms with van der Waals surface area (Å²) in [5.41, 5.74) is 38.3. The van der Waals surface area contributed by atoms with Crippen LogP contribution in [0.5, 0.6) is 11.5 Å². The standard InChI is InChI=1S/C92H70O2/c1-88(2)71-36-16-12-27-66(71)83-62(32-20-40-75(83)88)55-45-56(63-33-21-41-76-84(63)67-28-13-17-37-72(67)89(76,3)4)48-59(47-55)92(79-44-24-31-61(54-25-10-9-11-26-54)87(79)70-51-81-82(52-80(70)92)94-53-93-81)60-49-57(64-34-22-42-77-85(64)68-29-14-18-38-73(68)90(77,5)6)46-58(50-60)65-35-23-43-78-86(65)69-30-15-19-39-74(69)91(78,7)8/h9-52H,53H2,1-8H3. The Bertz CT molecular complexity index is 4960. The molecule has 0 saturated carbocycles. The minimum absolute atomic E-state index is 0.152. The molecule has 0 spiro atoms. The van der Waals surface area contributed by atoms with Gasteiger partial charge in [-0.3, -0.25) is 0 Å². The zero-order valence-electron chi connectivity index (χ0n) is 54.4. The van der Waals surface area contributed by atoms with Crippen molar-refractivity contribution in [1.82, 2.24) is 0 Å². The van der Waals surface area contributed by atoms with E-state index in [1.807, 2.05) is 0 Å². The van der Waals surface area contributed by atoms with E-state index in [0.29, 0.717) is 0 Å². The Hall–Kier alpha value is -10.5. The summed E-state index contributed by atoms with van der Waals surface area (Å²) in [5, 5.41) is 0. The quantitative estimate of drug-likeness (QED) is 0.158. The third-order valence-corrected chi connectivity index (χ3v) is 23.1. The van der Waals surface area contributed by atoms with Gasteiger partial charge in [0.15, 0.2) is 11.5 Å². The first-order valence-electron chi connectivity index (χ1n) is 33.5. The van der Waals surface area contributed by atoms with Gasteiger partial charge in [-0.25, -0.2) is 0 Å². The lowest BCUT2D eigenvalue weighted by Gasteiger charge is -2.36. The predicted octanol–water partition coefficient (Wildman–Crippen LogP) is 23.3. The van der Waals surface area contributed by atoms with Gasteiger partial charge in [0, 0.05) is 21.7 Å². The molecule has 450 valence electrons. The van der Waals surface area contributed by atoms with Crippen LogP contribution >= 0.6 is 0 Å². The van der Waals surface area contributed by atoms with E-state index in [0.717, 1.165) is 28.2 Å². The second kappa shape index (κ2) is 19.3. The van der Waals surface area contributed by atoms with E-state index >= 15 is 0 Å². The average Bonchev–Trinajstić information content (AvgIpc) is 1.49. The zero-order chi connectivity index (χ0) is 63.4. The Morgan fingerprint density at radius 2 is 0.489 bits per heavy atom. The van der Waals surface area contributed by atoms with Crippen LogP contribution in [-0.4, -0.2) is 6.79 Å². The lowest BCUT2D eigenvalue weighted by Crippen LogP contribution is -2.29. The van der Waals surface area contributed by atoms with Gasteiger partial charge in [-0.15, -0.1) is 0 Å². The number of fused-ring (bicyclic) bond motifs is 16. The normalized spacial score (nSPS) is 16.2. The van der Waals surface area contributed by atoms with E-state index in [-0.39, 0.29) is 28.5 Å². The number of hydrogen-bond donors (Lipinski definition) is 0. The molecule has 1 heterocycles. The lowest BCUT2D eigenvalue weighted by atomic mass is 9.65. The maximum Gasteiger partial charge on any atom is 0.231 e. The fraction of sp³-hybridized carbons (Fsp3) is 0.152. The summed E-state index contributed by atoms with van der Waals surface area (Å²) < 4.78 is 13.2. The smallest absolute Gasteiger partial charge is 0.231 e. The third-order valence-electron chi connectivity index (χ3n) is 23.1. The molecule has 0 bridgehead atoms. The molecule has 0 unspecified atom stereocenters. The van der Waals surface area contributed by atoms with Crippen molar-refractivity contribution >= 4 is 0 Å². The second-order valence-electron chi connectivity index (χ2n) is 29.3. The minimum atomic E-state index is -1.000. The van der Waals surface area contributed by atoms with Gasteiger partial charge in [0.05, 0.1) is 5.41 Å². The summed E-state index contributed by atoms with van der Waals surface area (Å²) >= 11 is 0. The highest BCUT2D eigenvalue weighted by Gasteiger charge is 2.50. The van der Waals surface area contributed by atoms with E-state index in [4.69, 9.17) is 9.47 Å². The van der Waals surface area contributed by atoms with Crippen LogP contribution in [0.4, 0.5) is 0 Å². The molecule has 5 aliphatic carbocycles. The molecule has 0 atom stereocenters. The molecule has 0 amide bonds. The Kier molecular flexibility index (Phi) is 11.3. The Morgan fingerprint density at radius 3 is 0.851 bits per heavy atom. The Balaban J connectivity index is 1.00. The topological polar surface area (TPSA) is 18.5 Å². The van der Waals surface area contributed by atoms with Gasteiger partial charge in [-0.05, 0) is 227 Å². The average molecular weight is 1210 g/mol. The summed E-state index contributed by atoms with van der Waals surface area (Å²) in [6, 6.07) is 103.